The molecule has 0 aliphatic carbocycles. The van der Waals surface area contributed by atoms with E-state index in [9.17, 15) is 4.79 Å². The van der Waals surface area contributed by atoms with Crippen molar-refractivity contribution in [3.63, 3.8) is 0 Å². The van der Waals surface area contributed by atoms with Gasteiger partial charge in [0.05, 0.1) is 12.6 Å². The zero-order valence-corrected chi connectivity index (χ0v) is 15.6. The molecule has 2 aromatic carbocycles. The molecule has 5 heteroatoms. The van der Waals surface area contributed by atoms with Crippen LogP contribution in [0.25, 0.3) is 0 Å². The first-order valence-corrected chi connectivity index (χ1v) is 9.38. The molecule has 3 rings (SSSR count). The Hall–Kier alpha value is -2.79. The van der Waals surface area contributed by atoms with Gasteiger partial charge in [-0.2, -0.15) is 0 Å². The average Bonchev–Trinajstić information content (AvgIpc) is 3.16. The summed E-state index contributed by atoms with van der Waals surface area (Å²) in [5.74, 6) is 0. The van der Waals surface area contributed by atoms with E-state index in [1.165, 1.54) is 5.56 Å². The zero-order valence-electron chi connectivity index (χ0n) is 15.6. The molecule has 1 aliphatic rings. The zero-order chi connectivity index (χ0) is 18.9. The van der Waals surface area contributed by atoms with Gasteiger partial charge in [0.15, 0.2) is 0 Å². The van der Waals surface area contributed by atoms with Crippen LogP contribution in [-0.4, -0.2) is 24.8 Å². The molecule has 1 amide bonds. The monoisotopic (exact) mass is 366 g/mol. The number of hydrogen-bond acceptors (Lipinski definition) is 4. The van der Waals surface area contributed by atoms with Gasteiger partial charge in [-0.1, -0.05) is 67.6 Å². The first-order valence-electron chi connectivity index (χ1n) is 9.38. The minimum Gasteiger partial charge on any atom is -0.450 e. The summed E-state index contributed by atoms with van der Waals surface area (Å²) in [7, 11) is 0. The van der Waals surface area contributed by atoms with Crippen LogP contribution < -0.4 is 10.8 Å². The topological polar surface area (TPSA) is 59.6 Å². The Bertz CT molecular complexity index is 747. The predicted molar refractivity (Wildman–Crippen MR) is 105 cm³/mol. The molecular formula is C22H26N2O3. The normalized spacial score (nSPS) is 16.9. The highest BCUT2D eigenvalue weighted by molar-refractivity contribution is 5.67. The van der Waals surface area contributed by atoms with Crippen LogP contribution in [0.3, 0.4) is 0 Å². The summed E-state index contributed by atoms with van der Waals surface area (Å²) < 4.78 is 5.19. The van der Waals surface area contributed by atoms with Crippen molar-refractivity contribution >= 4 is 6.09 Å². The average molecular weight is 366 g/mol. The quantitative estimate of drug-likeness (QED) is 0.747. The number of alkyl carbamates (subject to hydrolysis) is 1. The maximum absolute atomic E-state index is 12.1. The summed E-state index contributed by atoms with van der Waals surface area (Å²) in [5.41, 5.74) is 6.34. The molecule has 0 spiro atoms. The van der Waals surface area contributed by atoms with Gasteiger partial charge in [0.2, 0.25) is 0 Å². The Kier molecular flexibility index (Phi) is 6.88. The first kappa shape index (κ1) is 19.0. The highest BCUT2D eigenvalue weighted by atomic mass is 16.7. The lowest BCUT2D eigenvalue weighted by molar-refractivity contribution is 0.0194. The van der Waals surface area contributed by atoms with Gasteiger partial charge >= 0.3 is 6.09 Å². The second-order valence-corrected chi connectivity index (χ2v) is 6.62. The van der Waals surface area contributed by atoms with Crippen LogP contribution in [-0.2, 0) is 22.4 Å². The van der Waals surface area contributed by atoms with Crippen LogP contribution in [0, 0.1) is 0 Å². The predicted octanol–water partition coefficient (Wildman–Crippen LogP) is 3.76. The fraction of sp³-hybridized carbons (Fsp3) is 0.318. The van der Waals surface area contributed by atoms with E-state index in [1.54, 1.807) is 0 Å². The summed E-state index contributed by atoms with van der Waals surface area (Å²) in [4.78, 5) is 17.9. The van der Waals surface area contributed by atoms with E-state index in [1.807, 2.05) is 61.5 Å². The van der Waals surface area contributed by atoms with Crippen LogP contribution in [0.4, 0.5) is 4.79 Å². The summed E-state index contributed by atoms with van der Waals surface area (Å²) in [6.07, 6.45) is 3.57. The van der Waals surface area contributed by atoms with E-state index in [-0.39, 0.29) is 12.1 Å². The van der Waals surface area contributed by atoms with Gasteiger partial charge in [0.25, 0.3) is 0 Å². The number of hydroxylamine groups is 1. The molecule has 2 unspecified atom stereocenters. The van der Waals surface area contributed by atoms with Crippen molar-refractivity contribution in [2.45, 2.75) is 38.3 Å². The molecule has 5 nitrogen and oxygen atoms in total. The molecule has 0 fully saturated rings. The Labute approximate surface area is 160 Å². The number of carbonyl (C=O) groups excluding carboxylic acids is 1. The highest BCUT2D eigenvalue weighted by Gasteiger charge is 2.28. The number of rotatable bonds is 8. The maximum atomic E-state index is 12.1. The molecule has 1 aliphatic heterocycles. The minimum atomic E-state index is -0.411. The van der Waals surface area contributed by atoms with Gasteiger partial charge in [-0.15, -0.1) is 0 Å². The van der Waals surface area contributed by atoms with Crippen molar-refractivity contribution in [2.75, 3.05) is 6.61 Å². The van der Waals surface area contributed by atoms with Gasteiger partial charge in [-0.05, 0) is 30.0 Å². The van der Waals surface area contributed by atoms with Crippen molar-refractivity contribution in [1.82, 2.24) is 10.8 Å². The minimum absolute atomic E-state index is 0.225. The number of hydrogen-bond donors (Lipinski definition) is 2. The number of amides is 1. The molecular weight excluding hydrogens is 340 g/mol. The fourth-order valence-corrected chi connectivity index (χ4v) is 3.02. The molecule has 2 atom stereocenters. The third-order valence-electron chi connectivity index (χ3n) is 4.36. The second kappa shape index (κ2) is 9.78. The van der Waals surface area contributed by atoms with Crippen LogP contribution in [0.15, 0.2) is 72.4 Å². The van der Waals surface area contributed by atoms with Crippen LogP contribution in [0.2, 0.25) is 0 Å². The van der Waals surface area contributed by atoms with Crippen molar-refractivity contribution < 1.29 is 14.4 Å². The lowest BCUT2D eigenvalue weighted by Crippen LogP contribution is -2.45. The van der Waals surface area contributed by atoms with Gasteiger partial charge in [-0.25, -0.2) is 4.79 Å². The number of nitrogens with one attached hydrogen (secondary N) is 2. The molecule has 2 N–H and O–H groups in total. The van der Waals surface area contributed by atoms with Crippen molar-refractivity contribution in [1.29, 1.82) is 0 Å². The van der Waals surface area contributed by atoms with E-state index in [4.69, 9.17) is 9.57 Å². The Balaban J connectivity index is 1.68. The first-order chi connectivity index (χ1) is 13.2. The molecule has 27 heavy (non-hydrogen) atoms. The van der Waals surface area contributed by atoms with Crippen molar-refractivity contribution in [3.8, 4) is 0 Å². The molecule has 142 valence electrons. The molecule has 0 saturated heterocycles. The van der Waals surface area contributed by atoms with E-state index in [2.05, 4.69) is 22.9 Å². The highest BCUT2D eigenvalue weighted by Crippen LogP contribution is 2.18. The lowest BCUT2D eigenvalue weighted by atomic mass is 10.00. The molecule has 0 radical (unpaired) electrons. The van der Waals surface area contributed by atoms with E-state index < -0.39 is 6.09 Å². The van der Waals surface area contributed by atoms with Crippen molar-refractivity contribution in [3.05, 3.63) is 83.6 Å². The fourth-order valence-electron chi connectivity index (χ4n) is 3.02. The van der Waals surface area contributed by atoms with Crippen LogP contribution in [0.1, 0.15) is 24.5 Å². The number of benzene rings is 2. The van der Waals surface area contributed by atoms with Crippen molar-refractivity contribution in [2.24, 2.45) is 0 Å². The summed E-state index contributed by atoms with van der Waals surface area (Å²) in [5, 5.41) is 2.96. The third-order valence-corrected chi connectivity index (χ3v) is 4.36. The van der Waals surface area contributed by atoms with Crippen LogP contribution in [0.5, 0.6) is 0 Å². The standard InChI is InChI=1S/C22H26N2O3/c1-2-13-26-22(25)23-20(15-18-11-7-4-8-12-18)21-16-19(24-27-21)14-17-9-5-3-6-10-17/h3-12,16,20-21,24H,2,13-15H2,1H3,(H,23,25). The SMILES string of the molecule is CCCOC(=O)NC(Cc1ccccc1)C1C=C(Cc2ccccc2)NO1. The molecule has 0 bridgehead atoms. The number of allylic oxidation sites excluding steroid dienone is 1. The number of ether oxygens (including phenoxy) is 1. The van der Waals surface area contributed by atoms with Gasteiger partial charge < -0.3 is 10.1 Å². The number of carbonyl (C=O) groups is 1. The molecule has 1 heterocycles. The summed E-state index contributed by atoms with van der Waals surface area (Å²) in [6.45, 7) is 2.38. The summed E-state index contributed by atoms with van der Waals surface area (Å²) >= 11 is 0. The Morgan fingerprint density at radius 3 is 2.44 bits per heavy atom. The largest absolute Gasteiger partial charge is 0.450 e. The van der Waals surface area contributed by atoms with E-state index >= 15 is 0 Å². The smallest absolute Gasteiger partial charge is 0.407 e. The second-order valence-electron chi connectivity index (χ2n) is 6.62. The Morgan fingerprint density at radius 2 is 1.78 bits per heavy atom. The molecule has 2 aromatic rings. The van der Waals surface area contributed by atoms with E-state index in [0.29, 0.717) is 13.0 Å². The molecule has 0 saturated carbocycles. The maximum Gasteiger partial charge on any atom is 0.407 e. The van der Waals surface area contributed by atoms with Crippen LogP contribution >= 0.6 is 0 Å². The van der Waals surface area contributed by atoms with Gasteiger partial charge in [-0.3, -0.25) is 10.3 Å². The Morgan fingerprint density at radius 1 is 1.11 bits per heavy atom. The molecule has 0 aromatic heterocycles. The van der Waals surface area contributed by atoms with Gasteiger partial charge in [0.1, 0.15) is 6.10 Å². The summed E-state index contributed by atoms with van der Waals surface area (Å²) in [6, 6.07) is 20.0. The van der Waals surface area contributed by atoms with Gasteiger partial charge in [0, 0.05) is 12.1 Å². The lowest BCUT2D eigenvalue weighted by Gasteiger charge is -2.22. The van der Waals surface area contributed by atoms with E-state index in [0.717, 1.165) is 24.1 Å². The third kappa shape index (κ3) is 5.86.